The predicted octanol–water partition coefficient (Wildman–Crippen LogP) is 0.974. The van der Waals surface area contributed by atoms with Crippen LogP contribution in [-0.2, 0) is 6.54 Å². The van der Waals surface area contributed by atoms with Gasteiger partial charge in [-0.3, -0.25) is 4.90 Å². The molecule has 14 heavy (non-hydrogen) atoms. The first-order valence-corrected chi connectivity index (χ1v) is 4.66. The van der Waals surface area contributed by atoms with Crippen LogP contribution in [-0.4, -0.2) is 30.7 Å². The van der Waals surface area contributed by atoms with E-state index in [-0.39, 0.29) is 0 Å². The number of ether oxygens (including phenoxy) is 1. The molecule has 1 aromatic rings. The van der Waals surface area contributed by atoms with Crippen LogP contribution in [0.3, 0.4) is 0 Å². The Morgan fingerprint density at radius 3 is 3.07 bits per heavy atom. The molecule has 1 heterocycles. The lowest BCUT2D eigenvalue weighted by Crippen LogP contribution is -2.30. The van der Waals surface area contributed by atoms with Crippen molar-refractivity contribution >= 4 is 0 Å². The number of hydrogen-bond acceptors (Lipinski definition) is 3. The minimum absolute atomic E-state index is 0.421. The topological polar surface area (TPSA) is 32.7 Å². The molecule has 0 saturated heterocycles. The van der Waals surface area contributed by atoms with Gasteiger partial charge in [-0.25, -0.2) is 0 Å². The van der Waals surface area contributed by atoms with Gasteiger partial charge in [0.05, 0.1) is 13.2 Å². The first-order chi connectivity index (χ1) is 6.72. The fourth-order valence-electron chi connectivity index (χ4n) is 1.90. The van der Waals surface area contributed by atoms with E-state index in [0.29, 0.717) is 6.54 Å². The maximum Gasteiger partial charge on any atom is 0.124 e. The first-order valence-electron chi connectivity index (χ1n) is 4.66. The Morgan fingerprint density at radius 2 is 2.36 bits per heavy atom. The summed E-state index contributed by atoms with van der Waals surface area (Å²) in [6, 6.07) is 6.63. The van der Waals surface area contributed by atoms with Gasteiger partial charge in [0.2, 0.25) is 0 Å². The maximum atomic E-state index is 9.83. The first kappa shape index (κ1) is 9.49. The summed E-state index contributed by atoms with van der Waals surface area (Å²) in [4.78, 5) is 2.08. The summed E-state index contributed by atoms with van der Waals surface area (Å²) in [6.45, 7) is 1.50. The number of aliphatic hydroxyl groups excluding tert-OH is 1. The van der Waals surface area contributed by atoms with Gasteiger partial charge in [-0.1, -0.05) is 0 Å². The molecule has 0 bridgehead atoms. The van der Waals surface area contributed by atoms with Gasteiger partial charge in [0.25, 0.3) is 0 Å². The van der Waals surface area contributed by atoms with Crippen LogP contribution in [0.1, 0.15) is 17.2 Å². The fraction of sp³-hybridized carbons (Fsp3) is 0.455. The highest BCUT2D eigenvalue weighted by atomic mass is 16.5. The lowest BCUT2D eigenvalue weighted by Gasteiger charge is -2.30. The molecule has 2 rings (SSSR count). The van der Waals surface area contributed by atoms with Crippen molar-refractivity contribution in [2.75, 3.05) is 20.7 Å². The Morgan fingerprint density at radius 1 is 1.57 bits per heavy atom. The van der Waals surface area contributed by atoms with Gasteiger partial charge < -0.3 is 9.84 Å². The van der Waals surface area contributed by atoms with Crippen molar-refractivity contribution in [3.05, 3.63) is 29.3 Å². The summed E-state index contributed by atoms with van der Waals surface area (Å²) in [5.74, 6) is 0.813. The Balaban J connectivity index is 2.47. The predicted molar refractivity (Wildman–Crippen MR) is 53.1 cm³/mol. The van der Waals surface area contributed by atoms with E-state index in [4.69, 9.17) is 4.74 Å². The van der Waals surface area contributed by atoms with E-state index in [1.807, 2.05) is 19.2 Å². The summed E-state index contributed by atoms with van der Waals surface area (Å²) in [5, 5.41) is 9.83. The summed E-state index contributed by atoms with van der Waals surface area (Å²) < 4.78 is 5.24. The normalized spacial score (nSPS) is 21.8. The standard InChI is InChI=1S/C11H14NO2/c1-12-6-9-8(10(13)7-12)4-3-5-11(9)14-2/h4-5,10,13H,6-7H2,1-2H3. The molecule has 1 aliphatic heterocycles. The Kier molecular flexibility index (Phi) is 2.44. The van der Waals surface area contributed by atoms with Gasteiger partial charge in [-0.15, -0.1) is 0 Å². The molecule has 0 spiro atoms. The molecule has 1 aromatic carbocycles. The van der Waals surface area contributed by atoms with Crippen molar-refractivity contribution in [3.8, 4) is 5.75 Å². The minimum atomic E-state index is -0.421. The van der Waals surface area contributed by atoms with Crippen molar-refractivity contribution in [3.63, 3.8) is 0 Å². The molecule has 1 atom stereocenters. The average molecular weight is 192 g/mol. The Labute approximate surface area is 83.9 Å². The lowest BCUT2D eigenvalue weighted by molar-refractivity contribution is 0.106. The monoisotopic (exact) mass is 192 g/mol. The molecule has 0 fully saturated rings. The number of nitrogens with zero attached hydrogens (tertiary/aromatic N) is 1. The number of rotatable bonds is 1. The van der Waals surface area contributed by atoms with E-state index in [1.165, 1.54) is 0 Å². The third kappa shape index (κ3) is 1.49. The zero-order valence-electron chi connectivity index (χ0n) is 8.45. The zero-order chi connectivity index (χ0) is 10.1. The lowest BCUT2D eigenvalue weighted by atomic mass is 9.97. The molecule has 1 unspecified atom stereocenters. The fourth-order valence-corrected chi connectivity index (χ4v) is 1.90. The third-order valence-corrected chi connectivity index (χ3v) is 2.59. The highest BCUT2D eigenvalue weighted by Crippen LogP contribution is 2.31. The van der Waals surface area contributed by atoms with Gasteiger partial charge in [-0.2, -0.15) is 0 Å². The molecule has 1 radical (unpaired) electrons. The number of likely N-dealkylation sites (N-methyl/N-ethyl adjacent to an activating group) is 1. The minimum Gasteiger partial charge on any atom is -0.496 e. The van der Waals surface area contributed by atoms with Gasteiger partial charge in [-0.05, 0) is 30.8 Å². The molecule has 75 valence electrons. The molecule has 0 saturated carbocycles. The Bertz CT molecular complexity index is 338. The van der Waals surface area contributed by atoms with E-state index >= 15 is 0 Å². The van der Waals surface area contributed by atoms with Crippen LogP contribution < -0.4 is 4.74 Å². The third-order valence-electron chi connectivity index (χ3n) is 2.59. The summed E-state index contributed by atoms with van der Waals surface area (Å²) >= 11 is 0. The van der Waals surface area contributed by atoms with Gasteiger partial charge in [0.1, 0.15) is 5.75 Å². The van der Waals surface area contributed by atoms with Crippen LogP contribution in [0.25, 0.3) is 0 Å². The number of benzene rings is 1. The number of hydrogen-bond donors (Lipinski definition) is 1. The van der Waals surface area contributed by atoms with Crippen molar-refractivity contribution in [2.45, 2.75) is 12.6 Å². The molecule has 3 nitrogen and oxygen atoms in total. The molecule has 0 amide bonds. The molecular formula is C11H14NO2. The maximum absolute atomic E-state index is 9.83. The second kappa shape index (κ2) is 3.59. The molecule has 1 aliphatic rings. The highest BCUT2D eigenvalue weighted by Gasteiger charge is 2.23. The number of methoxy groups -OCH3 is 1. The molecule has 0 aromatic heterocycles. The van der Waals surface area contributed by atoms with Crippen LogP contribution in [0.5, 0.6) is 5.75 Å². The van der Waals surface area contributed by atoms with Crippen LogP contribution >= 0.6 is 0 Å². The molecule has 0 aliphatic carbocycles. The summed E-state index contributed by atoms with van der Waals surface area (Å²) in [6.07, 6.45) is -0.421. The SMILES string of the molecule is COc1c[c]cc2c1CN(C)CC2O. The van der Waals surface area contributed by atoms with Crippen LogP contribution in [0.15, 0.2) is 12.1 Å². The summed E-state index contributed by atoms with van der Waals surface area (Å²) in [7, 11) is 3.63. The van der Waals surface area contributed by atoms with E-state index in [2.05, 4.69) is 11.0 Å². The highest BCUT2D eigenvalue weighted by molar-refractivity contribution is 5.42. The smallest absolute Gasteiger partial charge is 0.124 e. The Hall–Kier alpha value is -1.06. The number of aliphatic hydroxyl groups is 1. The van der Waals surface area contributed by atoms with Crippen molar-refractivity contribution in [1.82, 2.24) is 4.90 Å². The number of β-amino-alcohol motifs (C(OH)–C–C–N with tert-alkyl or cyclic N) is 1. The largest absolute Gasteiger partial charge is 0.496 e. The van der Waals surface area contributed by atoms with Crippen LogP contribution in [0, 0.1) is 6.07 Å². The molecule has 1 N–H and O–H groups in total. The van der Waals surface area contributed by atoms with Gasteiger partial charge in [0.15, 0.2) is 0 Å². The van der Waals surface area contributed by atoms with Crippen molar-refractivity contribution in [2.24, 2.45) is 0 Å². The van der Waals surface area contributed by atoms with Crippen molar-refractivity contribution < 1.29 is 9.84 Å². The van der Waals surface area contributed by atoms with Crippen molar-refractivity contribution in [1.29, 1.82) is 0 Å². The van der Waals surface area contributed by atoms with Gasteiger partial charge >= 0.3 is 0 Å². The quantitative estimate of drug-likeness (QED) is 0.719. The molecular weight excluding hydrogens is 178 g/mol. The second-order valence-corrected chi connectivity index (χ2v) is 3.67. The summed E-state index contributed by atoms with van der Waals surface area (Å²) in [5.41, 5.74) is 2.02. The zero-order valence-corrected chi connectivity index (χ0v) is 8.45. The van der Waals surface area contributed by atoms with E-state index in [0.717, 1.165) is 23.4 Å². The van der Waals surface area contributed by atoms with E-state index < -0.39 is 6.10 Å². The van der Waals surface area contributed by atoms with E-state index in [9.17, 15) is 5.11 Å². The van der Waals surface area contributed by atoms with Crippen LogP contribution in [0.4, 0.5) is 0 Å². The molecule has 3 heteroatoms. The van der Waals surface area contributed by atoms with E-state index in [1.54, 1.807) is 7.11 Å². The average Bonchev–Trinajstić information content (AvgIpc) is 2.17. The number of fused-ring (bicyclic) bond motifs is 1. The van der Waals surface area contributed by atoms with Gasteiger partial charge in [0, 0.05) is 18.7 Å². The van der Waals surface area contributed by atoms with Crippen LogP contribution in [0.2, 0.25) is 0 Å². The second-order valence-electron chi connectivity index (χ2n) is 3.67.